The van der Waals surface area contributed by atoms with Crippen molar-refractivity contribution in [2.45, 2.75) is 39.5 Å². The van der Waals surface area contributed by atoms with Gasteiger partial charge in [0.2, 0.25) is 0 Å². The second-order valence-electron chi connectivity index (χ2n) is 5.74. The van der Waals surface area contributed by atoms with Crippen LogP contribution in [-0.4, -0.2) is 12.5 Å². The molecule has 0 bridgehead atoms. The lowest BCUT2D eigenvalue weighted by Gasteiger charge is -2.24. The summed E-state index contributed by atoms with van der Waals surface area (Å²) in [5.74, 6) is -0.0428. The maximum Gasteiger partial charge on any atom is 0.253 e. The molecule has 1 aliphatic rings. The van der Waals surface area contributed by atoms with Crippen LogP contribution < -0.4 is 11.1 Å². The van der Waals surface area contributed by atoms with Gasteiger partial charge in [-0.25, -0.2) is 0 Å². The van der Waals surface area contributed by atoms with E-state index in [0.29, 0.717) is 11.3 Å². The summed E-state index contributed by atoms with van der Waals surface area (Å²) in [7, 11) is 0. The number of carbonyl (C=O) groups is 1. The van der Waals surface area contributed by atoms with E-state index in [2.05, 4.69) is 12.2 Å². The second kappa shape index (κ2) is 5.01. The molecule has 1 saturated carbocycles. The van der Waals surface area contributed by atoms with Gasteiger partial charge in [0.1, 0.15) is 0 Å². The number of rotatable bonds is 3. The Kier molecular flexibility index (Phi) is 3.60. The SMILES string of the molecule is Cc1cccc(N)c1C(=O)NCC1(C)CCCC1. The first-order valence-corrected chi connectivity index (χ1v) is 6.65. The van der Waals surface area contributed by atoms with Crippen molar-refractivity contribution in [3.05, 3.63) is 29.3 Å². The Balaban J connectivity index is 2.04. The minimum atomic E-state index is -0.0428. The van der Waals surface area contributed by atoms with Gasteiger partial charge in [0, 0.05) is 12.2 Å². The van der Waals surface area contributed by atoms with Crippen molar-refractivity contribution in [2.24, 2.45) is 5.41 Å². The fourth-order valence-electron chi connectivity index (χ4n) is 2.79. The monoisotopic (exact) mass is 246 g/mol. The smallest absolute Gasteiger partial charge is 0.253 e. The van der Waals surface area contributed by atoms with Crippen LogP contribution in [0.25, 0.3) is 0 Å². The molecule has 3 heteroatoms. The van der Waals surface area contributed by atoms with Crippen molar-refractivity contribution >= 4 is 11.6 Å². The van der Waals surface area contributed by atoms with E-state index < -0.39 is 0 Å². The van der Waals surface area contributed by atoms with E-state index in [1.165, 1.54) is 25.7 Å². The third kappa shape index (κ3) is 2.66. The first-order valence-electron chi connectivity index (χ1n) is 6.65. The van der Waals surface area contributed by atoms with E-state index in [4.69, 9.17) is 5.73 Å². The van der Waals surface area contributed by atoms with Gasteiger partial charge in [-0.15, -0.1) is 0 Å². The van der Waals surface area contributed by atoms with Crippen LogP contribution in [0.2, 0.25) is 0 Å². The molecule has 0 saturated heterocycles. The second-order valence-corrected chi connectivity index (χ2v) is 5.74. The van der Waals surface area contributed by atoms with Crippen molar-refractivity contribution < 1.29 is 4.79 Å². The van der Waals surface area contributed by atoms with Gasteiger partial charge in [0.15, 0.2) is 0 Å². The zero-order valence-electron chi connectivity index (χ0n) is 11.3. The van der Waals surface area contributed by atoms with E-state index in [0.717, 1.165) is 12.1 Å². The fourth-order valence-corrected chi connectivity index (χ4v) is 2.79. The van der Waals surface area contributed by atoms with E-state index in [1.54, 1.807) is 6.07 Å². The van der Waals surface area contributed by atoms with E-state index in [1.807, 2.05) is 19.1 Å². The van der Waals surface area contributed by atoms with Crippen LogP contribution in [0.4, 0.5) is 5.69 Å². The van der Waals surface area contributed by atoms with Crippen molar-refractivity contribution in [3.63, 3.8) is 0 Å². The van der Waals surface area contributed by atoms with Gasteiger partial charge in [-0.3, -0.25) is 4.79 Å². The van der Waals surface area contributed by atoms with Gasteiger partial charge in [0.05, 0.1) is 5.56 Å². The summed E-state index contributed by atoms with van der Waals surface area (Å²) in [4.78, 5) is 12.2. The number of hydrogen-bond donors (Lipinski definition) is 2. The van der Waals surface area contributed by atoms with Crippen LogP contribution >= 0.6 is 0 Å². The first kappa shape index (κ1) is 12.9. The van der Waals surface area contributed by atoms with Crippen LogP contribution in [0.1, 0.15) is 48.5 Å². The minimum Gasteiger partial charge on any atom is -0.398 e. The summed E-state index contributed by atoms with van der Waals surface area (Å²) in [5, 5.41) is 3.04. The number of aryl methyl sites for hydroxylation is 1. The third-order valence-corrected chi connectivity index (χ3v) is 4.02. The van der Waals surface area contributed by atoms with Gasteiger partial charge in [-0.1, -0.05) is 31.9 Å². The molecule has 0 aliphatic heterocycles. The topological polar surface area (TPSA) is 55.1 Å². The molecular weight excluding hydrogens is 224 g/mol. The molecule has 98 valence electrons. The van der Waals surface area contributed by atoms with Gasteiger partial charge >= 0.3 is 0 Å². The van der Waals surface area contributed by atoms with Gasteiger partial charge < -0.3 is 11.1 Å². The number of amides is 1. The number of nitrogens with two attached hydrogens (primary N) is 1. The Bertz CT molecular complexity index is 428. The Hall–Kier alpha value is -1.51. The van der Waals surface area contributed by atoms with Crippen LogP contribution in [-0.2, 0) is 0 Å². The molecular formula is C15H22N2O. The van der Waals surface area contributed by atoms with Crippen LogP contribution in [0, 0.1) is 12.3 Å². The van der Waals surface area contributed by atoms with E-state index in [-0.39, 0.29) is 11.3 Å². The molecule has 0 spiro atoms. The van der Waals surface area contributed by atoms with Crippen molar-refractivity contribution in [1.82, 2.24) is 5.32 Å². The lowest BCUT2D eigenvalue weighted by molar-refractivity contribution is 0.0934. The van der Waals surface area contributed by atoms with E-state index >= 15 is 0 Å². The summed E-state index contributed by atoms with van der Waals surface area (Å²) in [5.41, 5.74) is 8.27. The summed E-state index contributed by atoms with van der Waals surface area (Å²) >= 11 is 0. The predicted octanol–water partition coefficient (Wildman–Crippen LogP) is 2.89. The minimum absolute atomic E-state index is 0.0428. The Morgan fingerprint density at radius 2 is 2.06 bits per heavy atom. The Morgan fingerprint density at radius 1 is 1.39 bits per heavy atom. The fraction of sp³-hybridized carbons (Fsp3) is 0.533. The normalized spacial score (nSPS) is 17.7. The highest BCUT2D eigenvalue weighted by molar-refractivity contribution is 6.00. The highest BCUT2D eigenvalue weighted by atomic mass is 16.1. The lowest BCUT2D eigenvalue weighted by Crippen LogP contribution is -2.34. The molecule has 0 atom stereocenters. The molecule has 1 fully saturated rings. The maximum absolute atomic E-state index is 12.2. The van der Waals surface area contributed by atoms with Gasteiger partial charge in [-0.05, 0) is 36.8 Å². The molecule has 0 heterocycles. The average Bonchev–Trinajstić information content (AvgIpc) is 2.74. The number of nitrogens with one attached hydrogen (secondary N) is 1. The number of anilines is 1. The Morgan fingerprint density at radius 3 is 2.67 bits per heavy atom. The molecule has 0 aromatic heterocycles. The largest absolute Gasteiger partial charge is 0.398 e. The first-order chi connectivity index (χ1) is 8.52. The number of nitrogen functional groups attached to an aromatic ring is 1. The molecule has 3 N–H and O–H groups in total. The summed E-state index contributed by atoms with van der Waals surface area (Å²) in [6.45, 7) is 4.92. The van der Waals surface area contributed by atoms with Crippen molar-refractivity contribution in [3.8, 4) is 0 Å². The number of benzene rings is 1. The van der Waals surface area contributed by atoms with Crippen LogP contribution in [0.15, 0.2) is 18.2 Å². The Labute approximate surface area is 109 Å². The average molecular weight is 246 g/mol. The van der Waals surface area contributed by atoms with Crippen molar-refractivity contribution in [1.29, 1.82) is 0 Å². The zero-order valence-corrected chi connectivity index (χ0v) is 11.3. The molecule has 18 heavy (non-hydrogen) atoms. The number of hydrogen-bond acceptors (Lipinski definition) is 2. The third-order valence-electron chi connectivity index (χ3n) is 4.02. The van der Waals surface area contributed by atoms with Gasteiger partial charge in [-0.2, -0.15) is 0 Å². The molecule has 1 amide bonds. The zero-order chi connectivity index (χ0) is 13.2. The summed E-state index contributed by atoms with van der Waals surface area (Å²) in [6, 6.07) is 5.57. The molecule has 1 aromatic rings. The molecule has 1 aliphatic carbocycles. The highest BCUT2D eigenvalue weighted by Gasteiger charge is 2.29. The molecule has 1 aromatic carbocycles. The molecule has 2 rings (SSSR count). The van der Waals surface area contributed by atoms with Gasteiger partial charge in [0.25, 0.3) is 5.91 Å². The maximum atomic E-state index is 12.2. The summed E-state index contributed by atoms with van der Waals surface area (Å²) in [6.07, 6.45) is 4.96. The van der Waals surface area contributed by atoms with Crippen LogP contribution in [0.5, 0.6) is 0 Å². The highest BCUT2D eigenvalue weighted by Crippen LogP contribution is 2.36. The molecule has 0 radical (unpaired) electrons. The van der Waals surface area contributed by atoms with E-state index in [9.17, 15) is 4.79 Å². The lowest BCUT2D eigenvalue weighted by atomic mass is 9.89. The van der Waals surface area contributed by atoms with Crippen LogP contribution in [0.3, 0.4) is 0 Å². The molecule has 3 nitrogen and oxygen atoms in total. The predicted molar refractivity (Wildman–Crippen MR) is 74.5 cm³/mol. The number of carbonyl (C=O) groups excluding carboxylic acids is 1. The quantitative estimate of drug-likeness (QED) is 0.806. The van der Waals surface area contributed by atoms with Crippen molar-refractivity contribution in [2.75, 3.05) is 12.3 Å². The molecule has 0 unspecified atom stereocenters. The summed E-state index contributed by atoms with van der Waals surface area (Å²) < 4.78 is 0. The standard InChI is InChI=1S/C15H22N2O/c1-11-6-5-7-12(16)13(11)14(18)17-10-15(2)8-3-4-9-15/h5-7H,3-4,8-10,16H2,1-2H3,(H,17,18).